The number of aromatic nitrogens is 3. The van der Waals surface area contributed by atoms with Crippen LogP contribution in [0.2, 0.25) is 0 Å². The van der Waals surface area contributed by atoms with Crippen molar-refractivity contribution >= 4 is 5.91 Å². The number of amides is 1. The zero-order valence-corrected chi connectivity index (χ0v) is 14.5. The second-order valence-electron chi connectivity index (χ2n) is 5.60. The Kier molecular flexibility index (Phi) is 5.92. The molecule has 1 N–H and O–H groups in total. The Morgan fingerprint density at radius 1 is 1.19 bits per heavy atom. The van der Waals surface area contributed by atoms with E-state index in [1.807, 2.05) is 37.3 Å². The van der Waals surface area contributed by atoms with Gasteiger partial charge in [-0.1, -0.05) is 12.1 Å². The molecule has 0 unspecified atom stereocenters. The molecule has 2 heterocycles. The number of carbonyl (C=O) groups excluding carboxylic acids is 1. The molecule has 26 heavy (non-hydrogen) atoms. The van der Waals surface area contributed by atoms with Crippen LogP contribution >= 0.6 is 0 Å². The molecule has 0 spiro atoms. The van der Waals surface area contributed by atoms with Gasteiger partial charge in [0.2, 0.25) is 17.7 Å². The molecule has 0 bridgehead atoms. The fourth-order valence-electron chi connectivity index (χ4n) is 2.39. The van der Waals surface area contributed by atoms with Gasteiger partial charge in [-0.25, -0.2) is 0 Å². The van der Waals surface area contributed by atoms with Gasteiger partial charge in [0.05, 0.1) is 18.6 Å². The number of carbonyl (C=O) groups is 1. The van der Waals surface area contributed by atoms with E-state index in [4.69, 9.17) is 9.15 Å². The van der Waals surface area contributed by atoms with Crippen molar-refractivity contribution < 1.29 is 13.9 Å². The average molecular weight is 352 g/mol. The number of pyridine rings is 1. The molecular weight excluding hydrogens is 332 g/mol. The van der Waals surface area contributed by atoms with Gasteiger partial charge in [0.15, 0.2) is 0 Å². The molecule has 0 aliphatic rings. The predicted molar refractivity (Wildman–Crippen MR) is 95.6 cm³/mol. The molecule has 7 heteroatoms. The minimum Gasteiger partial charge on any atom is -0.494 e. The highest BCUT2D eigenvalue weighted by Crippen LogP contribution is 2.16. The van der Waals surface area contributed by atoms with Gasteiger partial charge in [-0.3, -0.25) is 9.78 Å². The summed E-state index contributed by atoms with van der Waals surface area (Å²) in [6.45, 7) is 2.99. The van der Waals surface area contributed by atoms with E-state index in [1.54, 1.807) is 18.5 Å². The van der Waals surface area contributed by atoms with Crippen molar-refractivity contribution in [3.8, 4) is 17.2 Å². The van der Waals surface area contributed by atoms with E-state index in [1.165, 1.54) is 0 Å². The van der Waals surface area contributed by atoms with Crippen molar-refractivity contribution in [2.24, 2.45) is 0 Å². The zero-order chi connectivity index (χ0) is 18.2. The van der Waals surface area contributed by atoms with Crippen LogP contribution < -0.4 is 10.1 Å². The first-order valence-electron chi connectivity index (χ1n) is 8.46. The molecule has 134 valence electrons. The monoisotopic (exact) mass is 352 g/mol. The van der Waals surface area contributed by atoms with Crippen LogP contribution in [0.25, 0.3) is 11.5 Å². The standard InChI is InChI=1S/C19H20N4O3/c1-2-25-16-7-5-14(6-8-16)12-17(24)21-11-9-18-22-23-19(26-18)15-4-3-10-20-13-15/h3-8,10,13H,2,9,11-12H2,1H3,(H,21,24). The Balaban J connectivity index is 1.44. The second kappa shape index (κ2) is 8.75. The Morgan fingerprint density at radius 3 is 2.77 bits per heavy atom. The lowest BCUT2D eigenvalue weighted by molar-refractivity contribution is -0.120. The summed E-state index contributed by atoms with van der Waals surface area (Å²) in [6, 6.07) is 11.2. The molecule has 1 amide bonds. The van der Waals surface area contributed by atoms with E-state index in [2.05, 4.69) is 20.5 Å². The molecule has 0 saturated heterocycles. The van der Waals surface area contributed by atoms with Gasteiger partial charge in [-0.15, -0.1) is 10.2 Å². The zero-order valence-electron chi connectivity index (χ0n) is 14.5. The van der Waals surface area contributed by atoms with Crippen LogP contribution in [0.15, 0.2) is 53.2 Å². The highest BCUT2D eigenvalue weighted by molar-refractivity contribution is 5.78. The summed E-state index contributed by atoms with van der Waals surface area (Å²) in [4.78, 5) is 16.0. The first kappa shape index (κ1) is 17.6. The molecule has 1 aromatic carbocycles. The maximum Gasteiger partial charge on any atom is 0.249 e. The molecule has 7 nitrogen and oxygen atoms in total. The van der Waals surface area contributed by atoms with Crippen LogP contribution in [-0.4, -0.2) is 34.2 Å². The molecular formula is C19H20N4O3. The van der Waals surface area contributed by atoms with Crippen molar-refractivity contribution in [1.82, 2.24) is 20.5 Å². The third-order valence-corrected chi connectivity index (χ3v) is 3.64. The highest BCUT2D eigenvalue weighted by Gasteiger charge is 2.09. The number of hydrogen-bond acceptors (Lipinski definition) is 6. The van der Waals surface area contributed by atoms with Gasteiger partial charge in [0.1, 0.15) is 5.75 Å². The molecule has 3 aromatic rings. The third-order valence-electron chi connectivity index (χ3n) is 3.64. The van der Waals surface area contributed by atoms with Crippen molar-refractivity contribution in [1.29, 1.82) is 0 Å². The molecule has 2 aromatic heterocycles. The summed E-state index contributed by atoms with van der Waals surface area (Å²) in [7, 11) is 0. The summed E-state index contributed by atoms with van der Waals surface area (Å²) in [6.07, 6.45) is 4.13. The molecule has 0 aliphatic heterocycles. The van der Waals surface area contributed by atoms with Gasteiger partial charge in [0, 0.05) is 25.4 Å². The van der Waals surface area contributed by atoms with E-state index in [-0.39, 0.29) is 5.91 Å². The van der Waals surface area contributed by atoms with Crippen molar-refractivity contribution in [3.05, 3.63) is 60.2 Å². The van der Waals surface area contributed by atoms with Crippen molar-refractivity contribution in [2.75, 3.05) is 13.2 Å². The van der Waals surface area contributed by atoms with Crippen LogP contribution in [0, 0.1) is 0 Å². The fraction of sp³-hybridized carbons (Fsp3) is 0.263. The van der Waals surface area contributed by atoms with E-state index < -0.39 is 0 Å². The van der Waals surface area contributed by atoms with Crippen molar-refractivity contribution in [2.45, 2.75) is 19.8 Å². The summed E-state index contributed by atoms with van der Waals surface area (Å²) in [5.41, 5.74) is 1.70. The van der Waals surface area contributed by atoms with Gasteiger partial charge < -0.3 is 14.5 Å². The average Bonchev–Trinajstić information content (AvgIpc) is 3.13. The van der Waals surface area contributed by atoms with Crippen LogP contribution in [0.4, 0.5) is 0 Å². The fourth-order valence-corrected chi connectivity index (χ4v) is 2.39. The number of rotatable bonds is 8. The van der Waals surface area contributed by atoms with Gasteiger partial charge >= 0.3 is 0 Å². The lowest BCUT2D eigenvalue weighted by Gasteiger charge is -2.06. The second-order valence-corrected chi connectivity index (χ2v) is 5.60. The minimum absolute atomic E-state index is 0.0545. The van der Waals surface area contributed by atoms with Crippen LogP contribution in [0.3, 0.4) is 0 Å². The van der Waals surface area contributed by atoms with Crippen LogP contribution in [0.1, 0.15) is 18.4 Å². The molecule has 0 radical (unpaired) electrons. The Morgan fingerprint density at radius 2 is 2.04 bits per heavy atom. The number of nitrogens with one attached hydrogen (secondary N) is 1. The predicted octanol–water partition coefficient (Wildman–Crippen LogP) is 2.43. The Hall–Kier alpha value is -3.22. The number of hydrogen-bond donors (Lipinski definition) is 1. The smallest absolute Gasteiger partial charge is 0.249 e. The van der Waals surface area contributed by atoms with E-state index in [0.717, 1.165) is 16.9 Å². The largest absolute Gasteiger partial charge is 0.494 e. The number of benzene rings is 1. The summed E-state index contributed by atoms with van der Waals surface area (Å²) in [5.74, 6) is 1.65. The normalized spacial score (nSPS) is 10.5. The quantitative estimate of drug-likeness (QED) is 0.670. The number of nitrogens with zero attached hydrogens (tertiary/aromatic N) is 3. The lowest BCUT2D eigenvalue weighted by Crippen LogP contribution is -2.27. The molecule has 3 rings (SSSR count). The lowest BCUT2D eigenvalue weighted by atomic mass is 10.1. The van der Waals surface area contributed by atoms with Gasteiger partial charge in [-0.2, -0.15) is 0 Å². The van der Waals surface area contributed by atoms with E-state index in [0.29, 0.717) is 37.8 Å². The van der Waals surface area contributed by atoms with Gasteiger partial charge in [-0.05, 0) is 36.8 Å². The van der Waals surface area contributed by atoms with Gasteiger partial charge in [0.25, 0.3) is 0 Å². The van der Waals surface area contributed by atoms with E-state index >= 15 is 0 Å². The minimum atomic E-state index is -0.0545. The van der Waals surface area contributed by atoms with Crippen LogP contribution in [-0.2, 0) is 17.6 Å². The molecule has 0 fully saturated rings. The Labute approximate surface area is 151 Å². The third kappa shape index (κ3) is 4.89. The van der Waals surface area contributed by atoms with Crippen LogP contribution in [0.5, 0.6) is 5.75 Å². The first-order chi connectivity index (χ1) is 12.7. The number of ether oxygens (including phenoxy) is 1. The molecule has 0 atom stereocenters. The first-order valence-corrected chi connectivity index (χ1v) is 8.46. The molecule has 0 aliphatic carbocycles. The topological polar surface area (TPSA) is 90.1 Å². The summed E-state index contributed by atoms with van der Waals surface area (Å²) < 4.78 is 11.0. The maximum atomic E-state index is 12.0. The highest BCUT2D eigenvalue weighted by atomic mass is 16.5. The maximum absolute atomic E-state index is 12.0. The molecule has 0 saturated carbocycles. The summed E-state index contributed by atoms with van der Waals surface area (Å²) in [5, 5.41) is 10.8. The Bertz CT molecular complexity index is 832. The SMILES string of the molecule is CCOc1ccc(CC(=O)NCCc2nnc(-c3cccnc3)o2)cc1. The van der Waals surface area contributed by atoms with E-state index in [9.17, 15) is 4.79 Å². The van der Waals surface area contributed by atoms with Crippen molar-refractivity contribution in [3.63, 3.8) is 0 Å². The summed E-state index contributed by atoms with van der Waals surface area (Å²) >= 11 is 0.